The van der Waals surface area contributed by atoms with E-state index < -0.39 is 0 Å². The number of hydrogen-bond donors (Lipinski definition) is 0. The highest BCUT2D eigenvalue weighted by Crippen LogP contribution is 2.34. The van der Waals surface area contributed by atoms with Gasteiger partial charge in [0.05, 0.1) is 13.2 Å². The van der Waals surface area contributed by atoms with Crippen molar-refractivity contribution in [3.8, 4) is 5.75 Å². The molecule has 0 bridgehead atoms. The molecule has 1 fully saturated rings. The Balaban J connectivity index is 1.83. The molecule has 0 spiro atoms. The number of hydrogen-bond acceptors (Lipinski definition) is 2. The smallest absolute Gasteiger partial charge is 0.120 e. The minimum absolute atomic E-state index is 0.254. The molecule has 1 unspecified atom stereocenters. The van der Waals surface area contributed by atoms with Crippen molar-refractivity contribution in [2.45, 2.75) is 19.3 Å². The van der Waals surface area contributed by atoms with Crippen LogP contribution in [0.2, 0.25) is 0 Å². The maximum Gasteiger partial charge on any atom is 0.120 e. The summed E-state index contributed by atoms with van der Waals surface area (Å²) in [6.07, 6.45) is 3.41. The highest BCUT2D eigenvalue weighted by atomic mass is 79.9. The molecule has 1 saturated heterocycles. The summed E-state index contributed by atoms with van der Waals surface area (Å²) in [5, 5.41) is 0.988. The fraction of sp³-hybridized carbons (Fsp3) is 0.571. The second kappa shape index (κ2) is 6.92. The van der Waals surface area contributed by atoms with E-state index >= 15 is 0 Å². The molecule has 0 saturated carbocycles. The first-order valence-corrected chi connectivity index (χ1v) is 8.18. The molecule has 0 radical (unpaired) electrons. The third kappa shape index (κ3) is 3.97. The minimum Gasteiger partial charge on any atom is -0.494 e. The van der Waals surface area contributed by atoms with Gasteiger partial charge in [-0.3, -0.25) is 0 Å². The SMILES string of the molecule is BrCC1(CCOc2cccc(Br)c2)CCCOC1. The number of ether oxygens (including phenoxy) is 2. The van der Waals surface area contributed by atoms with E-state index in [1.54, 1.807) is 0 Å². The fourth-order valence-corrected chi connectivity index (χ4v) is 3.32. The van der Waals surface area contributed by atoms with Gasteiger partial charge in [0.15, 0.2) is 0 Å². The van der Waals surface area contributed by atoms with Crippen molar-refractivity contribution >= 4 is 31.9 Å². The Morgan fingerprint density at radius 3 is 2.94 bits per heavy atom. The lowest BCUT2D eigenvalue weighted by molar-refractivity contribution is -0.00463. The average molecular weight is 378 g/mol. The summed E-state index contributed by atoms with van der Waals surface area (Å²) in [6, 6.07) is 7.98. The van der Waals surface area contributed by atoms with Crippen LogP contribution in [0.5, 0.6) is 5.75 Å². The number of rotatable bonds is 5. The van der Waals surface area contributed by atoms with Gasteiger partial charge < -0.3 is 9.47 Å². The molecule has 2 rings (SSSR count). The predicted molar refractivity (Wildman–Crippen MR) is 80.5 cm³/mol. The number of halogens is 2. The summed E-state index contributed by atoms with van der Waals surface area (Å²) in [5.74, 6) is 0.922. The molecule has 0 aromatic heterocycles. The van der Waals surface area contributed by atoms with Crippen molar-refractivity contribution < 1.29 is 9.47 Å². The van der Waals surface area contributed by atoms with Gasteiger partial charge in [-0.15, -0.1) is 0 Å². The summed E-state index contributed by atoms with van der Waals surface area (Å²) in [6.45, 7) is 2.49. The lowest BCUT2D eigenvalue weighted by Crippen LogP contribution is -2.35. The number of benzene rings is 1. The van der Waals surface area contributed by atoms with E-state index in [0.717, 1.165) is 48.2 Å². The van der Waals surface area contributed by atoms with E-state index in [1.165, 1.54) is 6.42 Å². The molecule has 1 aromatic rings. The lowest BCUT2D eigenvalue weighted by Gasteiger charge is -2.35. The quantitative estimate of drug-likeness (QED) is 0.707. The van der Waals surface area contributed by atoms with Gasteiger partial charge in [0.2, 0.25) is 0 Å². The van der Waals surface area contributed by atoms with E-state index in [2.05, 4.69) is 31.9 Å². The third-order valence-electron chi connectivity index (χ3n) is 3.38. The van der Waals surface area contributed by atoms with Crippen LogP contribution in [0.1, 0.15) is 19.3 Å². The van der Waals surface area contributed by atoms with Crippen LogP contribution in [0.25, 0.3) is 0 Å². The van der Waals surface area contributed by atoms with Gasteiger partial charge in [-0.05, 0) is 37.5 Å². The van der Waals surface area contributed by atoms with Crippen LogP contribution < -0.4 is 4.74 Å². The van der Waals surface area contributed by atoms with E-state index in [1.807, 2.05) is 24.3 Å². The molecular weight excluding hydrogens is 360 g/mol. The topological polar surface area (TPSA) is 18.5 Å². The van der Waals surface area contributed by atoms with Crippen LogP contribution in [0.4, 0.5) is 0 Å². The Bertz CT molecular complexity index is 376. The van der Waals surface area contributed by atoms with Gasteiger partial charge in [-0.1, -0.05) is 37.9 Å². The second-order valence-corrected chi connectivity index (χ2v) is 6.32. The van der Waals surface area contributed by atoms with E-state index in [0.29, 0.717) is 0 Å². The van der Waals surface area contributed by atoms with Crippen LogP contribution in [-0.4, -0.2) is 25.2 Å². The molecule has 1 heterocycles. The fourth-order valence-electron chi connectivity index (χ4n) is 2.22. The van der Waals surface area contributed by atoms with Crippen LogP contribution in [0.15, 0.2) is 28.7 Å². The van der Waals surface area contributed by atoms with E-state index in [4.69, 9.17) is 9.47 Å². The summed E-state index contributed by atoms with van der Waals surface area (Å²) in [4.78, 5) is 0. The molecule has 0 aliphatic carbocycles. The molecule has 0 N–H and O–H groups in total. The molecule has 2 nitrogen and oxygen atoms in total. The summed E-state index contributed by atoms with van der Waals surface area (Å²) in [5.41, 5.74) is 0.254. The Morgan fingerprint density at radius 2 is 2.28 bits per heavy atom. The van der Waals surface area contributed by atoms with Crippen molar-refractivity contribution in [1.29, 1.82) is 0 Å². The van der Waals surface area contributed by atoms with Crippen molar-refractivity contribution in [3.63, 3.8) is 0 Å². The van der Waals surface area contributed by atoms with Gasteiger partial charge in [0, 0.05) is 21.8 Å². The zero-order chi connectivity index (χ0) is 12.8. The Labute approximate surface area is 125 Å². The standard InChI is InChI=1S/C14H18Br2O2/c15-10-14(5-2-7-17-11-14)6-8-18-13-4-1-3-12(16)9-13/h1,3-4,9H,2,5-8,10-11H2. The molecule has 18 heavy (non-hydrogen) atoms. The number of alkyl halides is 1. The molecule has 100 valence electrons. The molecule has 1 aliphatic heterocycles. The Hall–Kier alpha value is -0.0600. The van der Waals surface area contributed by atoms with Gasteiger partial charge >= 0.3 is 0 Å². The van der Waals surface area contributed by atoms with Crippen molar-refractivity contribution in [1.82, 2.24) is 0 Å². The van der Waals surface area contributed by atoms with Gasteiger partial charge in [0.25, 0.3) is 0 Å². The largest absolute Gasteiger partial charge is 0.494 e. The van der Waals surface area contributed by atoms with Gasteiger partial charge in [-0.25, -0.2) is 0 Å². The average Bonchev–Trinajstić information content (AvgIpc) is 2.40. The highest BCUT2D eigenvalue weighted by molar-refractivity contribution is 9.10. The van der Waals surface area contributed by atoms with Crippen molar-refractivity contribution in [2.75, 3.05) is 25.2 Å². The summed E-state index contributed by atoms with van der Waals surface area (Å²) in [7, 11) is 0. The Morgan fingerprint density at radius 1 is 1.39 bits per heavy atom. The highest BCUT2D eigenvalue weighted by Gasteiger charge is 2.31. The zero-order valence-corrected chi connectivity index (χ0v) is 13.5. The van der Waals surface area contributed by atoms with Gasteiger partial charge in [-0.2, -0.15) is 0 Å². The molecule has 4 heteroatoms. The van der Waals surface area contributed by atoms with Crippen molar-refractivity contribution in [3.05, 3.63) is 28.7 Å². The molecular formula is C14H18Br2O2. The molecule has 0 amide bonds. The van der Waals surface area contributed by atoms with Crippen LogP contribution >= 0.6 is 31.9 Å². The Kier molecular flexibility index (Phi) is 5.52. The predicted octanol–water partition coefficient (Wildman–Crippen LogP) is 4.41. The van der Waals surface area contributed by atoms with E-state index in [-0.39, 0.29) is 5.41 Å². The van der Waals surface area contributed by atoms with Crippen LogP contribution in [0.3, 0.4) is 0 Å². The molecule has 1 aromatic carbocycles. The minimum atomic E-state index is 0.254. The summed E-state index contributed by atoms with van der Waals surface area (Å²) < 4.78 is 12.5. The second-order valence-electron chi connectivity index (χ2n) is 4.85. The molecule has 1 aliphatic rings. The first-order chi connectivity index (χ1) is 8.74. The normalized spacial score (nSPS) is 23.9. The first-order valence-electron chi connectivity index (χ1n) is 6.26. The lowest BCUT2D eigenvalue weighted by atomic mass is 9.82. The maximum atomic E-state index is 5.81. The third-order valence-corrected chi connectivity index (χ3v) is 5.07. The maximum absolute atomic E-state index is 5.81. The zero-order valence-electron chi connectivity index (χ0n) is 10.3. The molecule has 1 atom stereocenters. The van der Waals surface area contributed by atoms with Crippen LogP contribution in [0, 0.1) is 5.41 Å². The van der Waals surface area contributed by atoms with Crippen LogP contribution in [-0.2, 0) is 4.74 Å². The van der Waals surface area contributed by atoms with Crippen molar-refractivity contribution in [2.24, 2.45) is 5.41 Å². The summed E-state index contributed by atoms with van der Waals surface area (Å²) >= 11 is 7.07. The first kappa shape index (κ1) is 14.4. The van der Waals surface area contributed by atoms with E-state index in [9.17, 15) is 0 Å². The van der Waals surface area contributed by atoms with Gasteiger partial charge in [0.1, 0.15) is 5.75 Å². The monoisotopic (exact) mass is 376 g/mol.